The van der Waals surface area contributed by atoms with Crippen LogP contribution in [0.2, 0.25) is 0 Å². The standard InChI is InChI=1S/C15H27N5/c16-15-3-2-13-11-19-8-6-17-4-1-5-18-7-9-20-12-14(13)10-15/h2-3,10,17-20H,1,4-9,11-12,16H2. The number of hydrogen-bond donors (Lipinski definition) is 5. The maximum Gasteiger partial charge on any atom is 0.0317 e. The van der Waals surface area contributed by atoms with Crippen LogP contribution in [0.5, 0.6) is 0 Å². The van der Waals surface area contributed by atoms with Gasteiger partial charge in [0.05, 0.1) is 0 Å². The zero-order valence-electron chi connectivity index (χ0n) is 12.2. The van der Waals surface area contributed by atoms with Crippen LogP contribution in [0.3, 0.4) is 0 Å². The minimum atomic E-state index is 0.836. The van der Waals surface area contributed by atoms with Gasteiger partial charge in [-0.3, -0.25) is 0 Å². The lowest BCUT2D eigenvalue weighted by molar-refractivity contribution is 0.566. The Balaban J connectivity index is 1.93. The van der Waals surface area contributed by atoms with Crippen molar-refractivity contribution in [2.75, 3.05) is 45.0 Å². The van der Waals surface area contributed by atoms with Crippen LogP contribution in [0.25, 0.3) is 0 Å². The molecule has 0 saturated heterocycles. The third kappa shape index (κ3) is 5.46. The van der Waals surface area contributed by atoms with E-state index in [2.05, 4.69) is 33.4 Å². The molecular formula is C15H27N5. The first-order valence-corrected chi connectivity index (χ1v) is 7.56. The molecule has 0 amide bonds. The minimum absolute atomic E-state index is 0.836. The van der Waals surface area contributed by atoms with Crippen molar-refractivity contribution in [3.05, 3.63) is 29.3 Å². The third-order valence-electron chi connectivity index (χ3n) is 3.53. The summed E-state index contributed by atoms with van der Waals surface area (Å²) in [4.78, 5) is 0. The van der Waals surface area contributed by atoms with Crippen molar-refractivity contribution in [2.45, 2.75) is 19.5 Å². The number of hydrogen-bond acceptors (Lipinski definition) is 5. The molecule has 0 aliphatic carbocycles. The van der Waals surface area contributed by atoms with E-state index in [1.165, 1.54) is 17.5 Å². The molecule has 5 nitrogen and oxygen atoms in total. The van der Waals surface area contributed by atoms with Gasteiger partial charge in [-0.2, -0.15) is 0 Å². The lowest BCUT2D eigenvalue weighted by Crippen LogP contribution is -2.30. The summed E-state index contributed by atoms with van der Waals surface area (Å²) in [6.45, 7) is 7.93. The maximum absolute atomic E-state index is 5.89. The van der Waals surface area contributed by atoms with E-state index < -0.39 is 0 Å². The number of nitrogens with one attached hydrogen (secondary N) is 4. The summed E-state index contributed by atoms with van der Waals surface area (Å²) in [6.07, 6.45) is 1.18. The van der Waals surface area contributed by atoms with Crippen molar-refractivity contribution in [1.82, 2.24) is 21.3 Å². The highest BCUT2D eigenvalue weighted by molar-refractivity contribution is 5.44. The van der Waals surface area contributed by atoms with Crippen molar-refractivity contribution in [2.24, 2.45) is 0 Å². The largest absolute Gasteiger partial charge is 0.399 e. The molecule has 1 aliphatic heterocycles. The van der Waals surface area contributed by atoms with Gasteiger partial charge in [0.15, 0.2) is 0 Å². The molecule has 0 unspecified atom stereocenters. The lowest BCUT2D eigenvalue weighted by Gasteiger charge is -2.12. The fourth-order valence-electron chi connectivity index (χ4n) is 2.37. The number of nitrogens with two attached hydrogens (primary N) is 1. The summed E-state index contributed by atoms with van der Waals surface area (Å²) < 4.78 is 0. The molecular weight excluding hydrogens is 250 g/mol. The summed E-state index contributed by atoms with van der Waals surface area (Å²) >= 11 is 0. The molecule has 1 aliphatic rings. The fourth-order valence-corrected chi connectivity index (χ4v) is 2.37. The second kappa shape index (κ2) is 8.92. The fraction of sp³-hybridized carbons (Fsp3) is 0.600. The van der Waals surface area contributed by atoms with E-state index in [0.717, 1.165) is 58.0 Å². The van der Waals surface area contributed by atoms with Crippen molar-refractivity contribution in [3.8, 4) is 0 Å². The van der Waals surface area contributed by atoms with Crippen molar-refractivity contribution in [1.29, 1.82) is 0 Å². The summed E-state index contributed by atoms with van der Waals surface area (Å²) in [5.74, 6) is 0. The quantitative estimate of drug-likeness (QED) is 0.433. The molecule has 112 valence electrons. The molecule has 20 heavy (non-hydrogen) atoms. The first-order chi connectivity index (χ1) is 9.86. The van der Waals surface area contributed by atoms with Crippen LogP contribution in [-0.2, 0) is 13.1 Å². The Morgan fingerprint density at radius 1 is 0.700 bits per heavy atom. The molecule has 2 rings (SSSR count). The number of anilines is 1. The Morgan fingerprint density at radius 2 is 1.30 bits per heavy atom. The smallest absolute Gasteiger partial charge is 0.0317 e. The monoisotopic (exact) mass is 277 g/mol. The van der Waals surface area contributed by atoms with Gasteiger partial charge < -0.3 is 27.0 Å². The van der Waals surface area contributed by atoms with E-state index in [-0.39, 0.29) is 0 Å². The maximum atomic E-state index is 5.89. The Kier molecular flexibility index (Phi) is 6.80. The van der Waals surface area contributed by atoms with E-state index in [4.69, 9.17) is 5.73 Å². The number of fused-ring (bicyclic) bond motifs is 1. The molecule has 0 radical (unpaired) electrons. The first-order valence-electron chi connectivity index (χ1n) is 7.56. The van der Waals surface area contributed by atoms with Crippen molar-refractivity contribution in [3.63, 3.8) is 0 Å². The van der Waals surface area contributed by atoms with Gasteiger partial charge >= 0.3 is 0 Å². The average molecular weight is 277 g/mol. The molecule has 0 bridgehead atoms. The van der Waals surface area contributed by atoms with Crippen molar-refractivity contribution < 1.29 is 0 Å². The number of benzene rings is 1. The van der Waals surface area contributed by atoms with Crippen LogP contribution in [-0.4, -0.2) is 39.3 Å². The predicted molar refractivity (Wildman–Crippen MR) is 84.6 cm³/mol. The molecule has 6 N–H and O–H groups in total. The zero-order chi connectivity index (χ0) is 14.0. The summed E-state index contributed by atoms with van der Waals surface area (Å²) in [6, 6.07) is 6.19. The van der Waals surface area contributed by atoms with Crippen LogP contribution < -0.4 is 27.0 Å². The van der Waals surface area contributed by atoms with Crippen LogP contribution in [0.15, 0.2) is 18.2 Å². The van der Waals surface area contributed by atoms with E-state index >= 15 is 0 Å². The Bertz CT molecular complexity index is 394. The van der Waals surface area contributed by atoms with Crippen LogP contribution >= 0.6 is 0 Å². The molecule has 1 heterocycles. The van der Waals surface area contributed by atoms with E-state index in [1.54, 1.807) is 0 Å². The minimum Gasteiger partial charge on any atom is -0.399 e. The van der Waals surface area contributed by atoms with Gasteiger partial charge in [-0.05, 0) is 42.8 Å². The zero-order valence-corrected chi connectivity index (χ0v) is 12.2. The summed E-state index contributed by atoms with van der Waals surface area (Å²) in [5.41, 5.74) is 9.35. The van der Waals surface area contributed by atoms with Gasteiger partial charge in [-0.1, -0.05) is 6.07 Å². The van der Waals surface area contributed by atoms with Gasteiger partial charge in [0.25, 0.3) is 0 Å². The Morgan fingerprint density at radius 3 is 2.00 bits per heavy atom. The van der Waals surface area contributed by atoms with Gasteiger partial charge in [-0.15, -0.1) is 0 Å². The van der Waals surface area contributed by atoms with Gasteiger partial charge in [0, 0.05) is 45.0 Å². The Hall–Kier alpha value is -1.14. The van der Waals surface area contributed by atoms with Crippen LogP contribution in [0.1, 0.15) is 17.5 Å². The molecule has 1 aromatic carbocycles. The SMILES string of the molecule is Nc1ccc2c(c1)CNCCNCCCNCCNC2. The molecule has 0 atom stereocenters. The molecule has 0 saturated carbocycles. The van der Waals surface area contributed by atoms with Gasteiger partial charge in [-0.25, -0.2) is 0 Å². The van der Waals surface area contributed by atoms with E-state index in [0.29, 0.717) is 0 Å². The topological polar surface area (TPSA) is 74.1 Å². The average Bonchev–Trinajstić information content (AvgIpc) is 2.45. The summed E-state index contributed by atoms with van der Waals surface area (Å²) in [5, 5.41) is 13.9. The first kappa shape index (κ1) is 15.3. The van der Waals surface area contributed by atoms with Crippen LogP contribution in [0.4, 0.5) is 5.69 Å². The lowest BCUT2D eigenvalue weighted by atomic mass is 10.1. The second-order valence-electron chi connectivity index (χ2n) is 5.24. The molecule has 5 heteroatoms. The normalized spacial score (nSPS) is 19.6. The number of nitrogen functional groups attached to an aromatic ring is 1. The third-order valence-corrected chi connectivity index (χ3v) is 3.53. The molecule has 1 aromatic rings. The molecule has 0 aromatic heterocycles. The predicted octanol–water partition coefficient (Wildman–Crippen LogP) is 0.0309. The van der Waals surface area contributed by atoms with Gasteiger partial charge in [0.1, 0.15) is 0 Å². The van der Waals surface area contributed by atoms with Crippen LogP contribution in [0, 0.1) is 0 Å². The highest BCUT2D eigenvalue weighted by atomic mass is 15.0. The highest BCUT2D eigenvalue weighted by Crippen LogP contribution is 2.13. The van der Waals surface area contributed by atoms with Gasteiger partial charge in [0.2, 0.25) is 0 Å². The Labute approximate surface area is 121 Å². The second-order valence-corrected chi connectivity index (χ2v) is 5.24. The molecule has 0 spiro atoms. The van der Waals surface area contributed by atoms with E-state index in [9.17, 15) is 0 Å². The highest BCUT2D eigenvalue weighted by Gasteiger charge is 2.03. The molecule has 0 fully saturated rings. The van der Waals surface area contributed by atoms with Crippen molar-refractivity contribution >= 4 is 5.69 Å². The summed E-state index contributed by atoms with van der Waals surface area (Å²) in [7, 11) is 0. The van der Waals surface area contributed by atoms with E-state index in [1.807, 2.05) is 6.07 Å². The number of rotatable bonds is 0.